The molecule has 0 bridgehead atoms. The van der Waals surface area contributed by atoms with Gasteiger partial charge in [-0.25, -0.2) is 0 Å². The maximum atomic E-state index is 9.84. The van der Waals surface area contributed by atoms with Crippen molar-refractivity contribution in [2.75, 3.05) is 32.7 Å². The summed E-state index contributed by atoms with van der Waals surface area (Å²) < 4.78 is 0. The Morgan fingerprint density at radius 3 is 1.73 bits per heavy atom. The Labute approximate surface area is 139 Å². The molecule has 3 heteroatoms. The SMILES string of the molecule is CCCCCCCCCCCCN1CCN(C(O)CC)CC1. The number of unbranched alkanes of at least 4 members (excludes halogenated alkanes) is 9. The first-order valence-electron chi connectivity index (χ1n) is 9.92. The van der Waals surface area contributed by atoms with Crippen molar-refractivity contribution < 1.29 is 5.11 Å². The fraction of sp³-hybridized carbons (Fsp3) is 1.00. The first kappa shape index (κ1) is 19.9. The molecular formula is C19H40N2O. The second-order valence-corrected chi connectivity index (χ2v) is 6.95. The van der Waals surface area contributed by atoms with Gasteiger partial charge in [0.2, 0.25) is 0 Å². The van der Waals surface area contributed by atoms with E-state index in [-0.39, 0.29) is 6.23 Å². The minimum atomic E-state index is -0.223. The normalized spacial score (nSPS) is 18.7. The Hall–Kier alpha value is -0.120. The Kier molecular flexibility index (Phi) is 12.1. The van der Waals surface area contributed by atoms with Gasteiger partial charge < -0.3 is 10.0 Å². The van der Waals surface area contributed by atoms with Gasteiger partial charge in [-0.05, 0) is 19.4 Å². The summed E-state index contributed by atoms with van der Waals surface area (Å²) in [4.78, 5) is 4.79. The molecule has 0 aliphatic carbocycles. The highest BCUT2D eigenvalue weighted by Crippen LogP contribution is 2.12. The van der Waals surface area contributed by atoms with E-state index in [1.807, 2.05) is 0 Å². The van der Waals surface area contributed by atoms with E-state index in [0.717, 1.165) is 32.6 Å². The van der Waals surface area contributed by atoms with E-state index in [2.05, 4.69) is 23.6 Å². The molecule has 1 fully saturated rings. The summed E-state index contributed by atoms with van der Waals surface area (Å²) in [5.41, 5.74) is 0. The van der Waals surface area contributed by atoms with Crippen LogP contribution in [-0.4, -0.2) is 53.9 Å². The van der Waals surface area contributed by atoms with Crippen molar-refractivity contribution >= 4 is 0 Å². The molecule has 1 heterocycles. The van der Waals surface area contributed by atoms with Crippen molar-refractivity contribution in [3.8, 4) is 0 Å². The molecule has 0 radical (unpaired) electrons. The molecule has 3 nitrogen and oxygen atoms in total. The van der Waals surface area contributed by atoms with Crippen LogP contribution in [0.2, 0.25) is 0 Å². The second-order valence-electron chi connectivity index (χ2n) is 6.95. The molecule has 132 valence electrons. The lowest BCUT2D eigenvalue weighted by Crippen LogP contribution is -2.50. The van der Waals surface area contributed by atoms with Gasteiger partial charge in [-0.3, -0.25) is 4.90 Å². The third-order valence-corrected chi connectivity index (χ3v) is 5.02. The average molecular weight is 313 g/mol. The van der Waals surface area contributed by atoms with Crippen LogP contribution in [0.4, 0.5) is 0 Å². The van der Waals surface area contributed by atoms with Gasteiger partial charge in [0.05, 0.1) is 0 Å². The first-order valence-corrected chi connectivity index (χ1v) is 9.92. The molecule has 1 atom stereocenters. The maximum absolute atomic E-state index is 9.84. The summed E-state index contributed by atoms with van der Waals surface area (Å²) in [7, 11) is 0. The van der Waals surface area contributed by atoms with Gasteiger partial charge in [-0.2, -0.15) is 0 Å². The van der Waals surface area contributed by atoms with E-state index in [0.29, 0.717) is 0 Å². The number of hydrogen-bond acceptors (Lipinski definition) is 3. The Balaban J connectivity index is 1.86. The van der Waals surface area contributed by atoms with Crippen LogP contribution in [-0.2, 0) is 0 Å². The molecule has 1 aliphatic heterocycles. The second kappa shape index (κ2) is 13.3. The predicted octanol–water partition coefficient (Wildman–Crippen LogP) is 4.25. The highest BCUT2D eigenvalue weighted by atomic mass is 16.3. The Bertz CT molecular complexity index is 240. The van der Waals surface area contributed by atoms with Crippen molar-refractivity contribution in [1.82, 2.24) is 9.80 Å². The zero-order chi connectivity index (χ0) is 16.0. The molecule has 1 rings (SSSR count). The summed E-state index contributed by atoms with van der Waals surface area (Å²) >= 11 is 0. The molecule has 1 aliphatic rings. The summed E-state index contributed by atoms with van der Waals surface area (Å²) in [5.74, 6) is 0. The van der Waals surface area contributed by atoms with Crippen LogP contribution < -0.4 is 0 Å². The standard InChI is InChI=1S/C19H40N2O/c1-3-5-6-7-8-9-10-11-12-13-14-20-15-17-21(18-16-20)19(22)4-2/h19,22H,3-18H2,1-2H3. The highest BCUT2D eigenvalue weighted by Gasteiger charge is 2.20. The zero-order valence-corrected chi connectivity index (χ0v) is 15.2. The third-order valence-electron chi connectivity index (χ3n) is 5.02. The predicted molar refractivity (Wildman–Crippen MR) is 96.2 cm³/mol. The van der Waals surface area contributed by atoms with Crippen LogP contribution >= 0.6 is 0 Å². The van der Waals surface area contributed by atoms with Crippen molar-refractivity contribution in [2.24, 2.45) is 0 Å². The van der Waals surface area contributed by atoms with Gasteiger partial charge in [0.15, 0.2) is 0 Å². The molecule has 1 N–H and O–H groups in total. The lowest BCUT2D eigenvalue weighted by atomic mass is 10.1. The molecule has 0 aromatic carbocycles. The van der Waals surface area contributed by atoms with Crippen LogP contribution in [0.5, 0.6) is 0 Å². The number of hydrogen-bond donors (Lipinski definition) is 1. The molecular weight excluding hydrogens is 272 g/mol. The number of aliphatic hydroxyl groups is 1. The van der Waals surface area contributed by atoms with Crippen LogP contribution in [0.25, 0.3) is 0 Å². The Morgan fingerprint density at radius 2 is 1.23 bits per heavy atom. The maximum Gasteiger partial charge on any atom is 0.107 e. The van der Waals surface area contributed by atoms with Crippen LogP contribution in [0.15, 0.2) is 0 Å². The monoisotopic (exact) mass is 312 g/mol. The highest BCUT2D eigenvalue weighted by molar-refractivity contribution is 4.73. The molecule has 1 unspecified atom stereocenters. The minimum absolute atomic E-state index is 0.223. The van der Waals surface area contributed by atoms with Crippen molar-refractivity contribution in [3.63, 3.8) is 0 Å². The van der Waals surface area contributed by atoms with E-state index in [1.165, 1.54) is 70.8 Å². The van der Waals surface area contributed by atoms with Gasteiger partial charge in [-0.15, -0.1) is 0 Å². The molecule has 0 saturated carbocycles. The van der Waals surface area contributed by atoms with Gasteiger partial charge in [-0.1, -0.05) is 71.6 Å². The van der Waals surface area contributed by atoms with E-state index in [9.17, 15) is 5.11 Å². The van der Waals surface area contributed by atoms with Crippen LogP contribution in [0.3, 0.4) is 0 Å². The summed E-state index contributed by atoms with van der Waals surface area (Å²) in [6.07, 6.45) is 14.8. The summed E-state index contributed by atoms with van der Waals surface area (Å²) in [6, 6.07) is 0. The fourth-order valence-corrected chi connectivity index (χ4v) is 3.37. The van der Waals surface area contributed by atoms with E-state index < -0.39 is 0 Å². The van der Waals surface area contributed by atoms with Crippen molar-refractivity contribution in [1.29, 1.82) is 0 Å². The minimum Gasteiger partial charge on any atom is -0.378 e. The van der Waals surface area contributed by atoms with Gasteiger partial charge in [0.1, 0.15) is 6.23 Å². The van der Waals surface area contributed by atoms with Gasteiger partial charge in [0, 0.05) is 26.2 Å². The lowest BCUT2D eigenvalue weighted by molar-refractivity contribution is -0.0269. The van der Waals surface area contributed by atoms with E-state index in [4.69, 9.17) is 0 Å². The number of rotatable bonds is 13. The number of piperazine rings is 1. The molecule has 0 aromatic rings. The average Bonchev–Trinajstić information content (AvgIpc) is 2.56. The topological polar surface area (TPSA) is 26.7 Å². The largest absolute Gasteiger partial charge is 0.378 e. The van der Waals surface area contributed by atoms with E-state index >= 15 is 0 Å². The Morgan fingerprint density at radius 1 is 0.727 bits per heavy atom. The molecule has 0 aromatic heterocycles. The van der Waals surface area contributed by atoms with Gasteiger partial charge >= 0.3 is 0 Å². The molecule has 22 heavy (non-hydrogen) atoms. The molecule has 1 saturated heterocycles. The molecule has 0 amide bonds. The lowest BCUT2D eigenvalue weighted by Gasteiger charge is -2.37. The van der Waals surface area contributed by atoms with Gasteiger partial charge in [0.25, 0.3) is 0 Å². The smallest absolute Gasteiger partial charge is 0.107 e. The van der Waals surface area contributed by atoms with Crippen LogP contribution in [0, 0.1) is 0 Å². The fourth-order valence-electron chi connectivity index (χ4n) is 3.37. The van der Waals surface area contributed by atoms with Crippen molar-refractivity contribution in [3.05, 3.63) is 0 Å². The number of nitrogens with zero attached hydrogens (tertiary/aromatic N) is 2. The van der Waals surface area contributed by atoms with Crippen LogP contribution in [0.1, 0.15) is 84.5 Å². The van der Waals surface area contributed by atoms with E-state index in [1.54, 1.807) is 0 Å². The van der Waals surface area contributed by atoms with Crippen molar-refractivity contribution in [2.45, 2.75) is 90.7 Å². The summed E-state index contributed by atoms with van der Waals surface area (Å²) in [5, 5.41) is 9.84. The molecule has 0 spiro atoms. The number of aliphatic hydroxyl groups excluding tert-OH is 1. The zero-order valence-electron chi connectivity index (χ0n) is 15.2. The summed E-state index contributed by atoms with van der Waals surface area (Å²) in [6.45, 7) is 9.93. The quantitative estimate of drug-likeness (QED) is 0.515. The third kappa shape index (κ3) is 9.12. The first-order chi connectivity index (χ1) is 10.8.